The first kappa shape index (κ1) is 35.7. The molecule has 0 aromatic rings. The Hall–Kier alpha value is -1.28. The summed E-state index contributed by atoms with van der Waals surface area (Å²) in [4.78, 5) is 59.5. The maximum Gasteiger partial charge on any atom is 0.478 e. The molecule has 0 aromatic carbocycles. The number of nitrogens with one attached hydrogen (secondary N) is 1. The Morgan fingerprint density at radius 3 is 2.38 bits per heavy atom. The van der Waals surface area contributed by atoms with Crippen LogP contribution in [-0.4, -0.2) is 71.5 Å². The molecule has 0 aliphatic carbocycles. The number of ether oxygens (including phenoxy) is 1. The van der Waals surface area contributed by atoms with Gasteiger partial charge in [0, 0.05) is 49.7 Å². The van der Waals surface area contributed by atoms with Crippen LogP contribution in [0.2, 0.25) is 0 Å². The molecule has 39 heavy (non-hydrogen) atoms. The summed E-state index contributed by atoms with van der Waals surface area (Å²) in [6.07, 6.45) is -0.446. The van der Waals surface area contributed by atoms with Crippen molar-refractivity contribution >= 4 is 59.2 Å². The fraction of sp³-hybridized carbons (Fsp3) is 0.792. The van der Waals surface area contributed by atoms with Crippen LogP contribution in [0.15, 0.2) is 0 Å². The number of alkyl carbamates (subject to hydrolysis) is 1. The van der Waals surface area contributed by atoms with Crippen LogP contribution in [0.5, 0.6) is 0 Å². The lowest BCUT2D eigenvalue weighted by Crippen LogP contribution is -2.45. The van der Waals surface area contributed by atoms with E-state index in [1.807, 2.05) is 13.8 Å². The minimum absolute atomic E-state index is 0.00728. The van der Waals surface area contributed by atoms with Crippen molar-refractivity contribution in [2.45, 2.75) is 78.9 Å². The molecule has 0 aromatic heterocycles. The first-order valence-corrected chi connectivity index (χ1v) is 16.2. The van der Waals surface area contributed by atoms with Gasteiger partial charge >= 0.3 is 13.9 Å². The molecule has 3 N–H and O–H groups in total. The summed E-state index contributed by atoms with van der Waals surface area (Å²) in [5, 5.41) is 2.26. The monoisotopic (exact) mass is 612 g/mol. The Bertz CT molecular complexity index is 915. The first-order chi connectivity index (χ1) is 18.2. The fourth-order valence-electron chi connectivity index (χ4n) is 3.26. The third-order valence-electron chi connectivity index (χ3n) is 5.62. The highest BCUT2D eigenvalue weighted by atomic mass is 32.2. The molecule has 1 amide bonds. The van der Waals surface area contributed by atoms with Crippen molar-refractivity contribution in [2.24, 2.45) is 17.1 Å². The number of hydrogen-bond donors (Lipinski definition) is 2. The van der Waals surface area contributed by atoms with Crippen LogP contribution in [0.4, 0.5) is 4.79 Å². The molecule has 0 saturated carbocycles. The number of Topliss-reactive ketones (excluding diaryl/α,β-unsaturated/α-hetero) is 2. The van der Waals surface area contributed by atoms with Gasteiger partial charge in [-0.2, -0.15) is 0 Å². The second-order valence-corrected chi connectivity index (χ2v) is 14.0. The predicted octanol–water partition coefficient (Wildman–Crippen LogP) is 3.85. The van der Waals surface area contributed by atoms with Gasteiger partial charge in [0.25, 0.3) is 0 Å². The van der Waals surface area contributed by atoms with Gasteiger partial charge in [-0.25, -0.2) is 13.9 Å². The third kappa shape index (κ3) is 14.3. The van der Waals surface area contributed by atoms with Gasteiger partial charge in [-0.1, -0.05) is 51.2 Å². The van der Waals surface area contributed by atoms with Crippen LogP contribution < -0.4 is 11.1 Å². The van der Waals surface area contributed by atoms with Gasteiger partial charge in [-0.15, -0.1) is 0 Å². The van der Waals surface area contributed by atoms with E-state index in [2.05, 4.69) is 5.32 Å². The van der Waals surface area contributed by atoms with Gasteiger partial charge < -0.3 is 15.8 Å². The molecule has 3 atom stereocenters. The molecule has 1 rings (SSSR count). The van der Waals surface area contributed by atoms with E-state index in [9.17, 15) is 28.5 Å². The van der Waals surface area contributed by atoms with E-state index in [0.29, 0.717) is 30.8 Å². The third-order valence-corrected chi connectivity index (χ3v) is 8.82. The molecule has 12 nitrogen and oxygen atoms in total. The summed E-state index contributed by atoms with van der Waals surface area (Å²) in [6, 6.07) is -0.583. The normalized spacial score (nSPS) is 21.3. The molecule has 224 valence electrons. The lowest BCUT2D eigenvalue weighted by Gasteiger charge is -2.39. The summed E-state index contributed by atoms with van der Waals surface area (Å²) >= 11 is 2.18. The Morgan fingerprint density at radius 1 is 1.08 bits per heavy atom. The van der Waals surface area contributed by atoms with Gasteiger partial charge in [0.05, 0.1) is 12.6 Å². The highest BCUT2D eigenvalue weighted by Crippen LogP contribution is 2.57. The van der Waals surface area contributed by atoms with Crippen molar-refractivity contribution < 1.29 is 46.8 Å². The molecule has 0 radical (unpaired) electrons. The Morgan fingerprint density at radius 2 is 1.74 bits per heavy atom. The largest absolute Gasteiger partial charge is 0.478 e. The predicted molar refractivity (Wildman–Crippen MR) is 149 cm³/mol. The molecule has 0 bridgehead atoms. The molecular formula is C24H41N2O10PS2. The van der Waals surface area contributed by atoms with Crippen molar-refractivity contribution in [1.82, 2.24) is 5.32 Å². The highest BCUT2D eigenvalue weighted by molar-refractivity contribution is 8.13. The van der Waals surface area contributed by atoms with Crippen molar-refractivity contribution in [3.63, 3.8) is 0 Å². The van der Waals surface area contributed by atoms with Crippen LogP contribution in [-0.2, 0) is 42.1 Å². The zero-order valence-electron chi connectivity index (χ0n) is 23.2. The number of amides is 1. The van der Waals surface area contributed by atoms with E-state index in [0.717, 1.165) is 11.8 Å². The van der Waals surface area contributed by atoms with Crippen LogP contribution in [0.3, 0.4) is 0 Å². The second-order valence-electron chi connectivity index (χ2n) is 10.0. The van der Waals surface area contributed by atoms with E-state index >= 15 is 0 Å². The van der Waals surface area contributed by atoms with Gasteiger partial charge in [-0.3, -0.25) is 28.2 Å². The van der Waals surface area contributed by atoms with E-state index in [4.69, 9.17) is 24.0 Å². The average Bonchev–Trinajstić information content (AvgIpc) is 2.85. The number of rotatable bonds is 17. The van der Waals surface area contributed by atoms with Crippen LogP contribution in [0, 0.1) is 11.3 Å². The molecule has 0 spiro atoms. The molecule has 1 heterocycles. The standard InChI is InChI=1S/C24H41N2O10PS2/c1-16(2)20(25)22(30)39-13-11-26-23(31)33-15-35-37(32)34-14-24(4,5)21(36-37)19(29)10-6-8-18(28)9-7-12-38-17(3)27/h16,20-21H,6-15,25H2,1-5H3,(H,26,31)/t20-,21-,37?/m0/s1. The SMILES string of the molecule is CC(=O)SCCCC(=O)CCCC(=O)[C@@H]1OP(=O)(OCOC(=O)NCCSC(=O)[C@@H](N)C(C)C)OCC1(C)C. The van der Waals surface area contributed by atoms with Crippen molar-refractivity contribution in [1.29, 1.82) is 0 Å². The smallest absolute Gasteiger partial charge is 0.422 e. The molecule has 15 heteroatoms. The molecule has 1 unspecified atom stereocenters. The van der Waals surface area contributed by atoms with Gasteiger partial charge in [-0.05, 0) is 18.8 Å². The summed E-state index contributed by atoms with van der Waals surface area (Å²) in [5.74, 6) is 0.556. The van der Waals surface area contributed by atoms with Crippen LogP contribution in [0.1, 0.15) is 66.7 Å². The quantitative estimate of drug-likeness (QED) is 0.138. The number of thioether (sulfide) groups is 2. The minimum Gasteiger partial charge on any atom is -0.422 e. The lowest BCUT2D eigenvalue weighted by molar-refractivity contribution is -0.140. The number of phosphoric ester groups is 1. The van der Waals surface area contributed by atoms with Crippen molar-refractivity contribution in [3.05, 3.63) is 0 Å². The van der Waals surface area contributed by atoms with E-state index in [1.54, 1.807) is 13.8 Å². The number of ketones is 2. The Labute approximate surface area is 238 Å². The van der Waals surface area contributed by atoms with E-state index in [1.165, 1.54) is 18.7 Å². The van der Waals surface area contributed by atoms with Crippen LogP contribution >= 0.6 is 31.3 Å². The molecular weight excluding hydrogens is 571 g/mol. The highest BCUT2D eigenvalue weighted by Gasteiger charge is 2.48. The van der Waals surface area contributed by atoms with Gasteiger partial charge in [0.2, 0.25) is 11.9 Å². The fourth-order valence-corrected chi connectivity index (χ4v) is 6.23. The maximum absolute atomic E-state index is 12.9. The zero-order valence-corrected chi connectivity index (χ0v) is 25.8. The van der Waals surface area contributed by atoms with Crippen molar-refractivity contribution in [3.8, 4) is 0 Å². The average molecular weight is 613 g/mol. The Kier molecular flexibility index (Phi) is 16.1. The molecule has 1 aliphatic heterocycles. The summed E-state index contributed by atoms with van der Waals surface area (Å²) in [6.45, 7) is 7.89. The Balaban J connectivity index is 2.40. The molecule has 1 fully saturated rings. The van der Waals surface area contributed by atoms with Gasteiger partial charge in [0.15, 0.2) is 10.9 Å². The summed E-state index contributed by atoms with van der Waals surface area (Å²) in [5.41, 5.74) is 4.97. The number of hydrogen-bond acceptors (Lipinski definition) is 13. The minimum atomic E-state index is -4.19. The van der Waals surface area contributed by atoms with E-state index < -0.39 is 38.3 Å². The van der Waals surface area contributed by atoms with Crippen molar-refractivity contribution in [2.75, 3.05) is 31.5 Å². The topological polar surface area (TPSA) is 177 Å². The van der Waals surface area contributed by atoms with Crippen LogP contribution in [0.25, 0.3) is 0 Å². The lowest BCUT2D eigenvalue weighted by atomic mass is 9.84. The summed E-state index contributed by atoms with van der Waals surface area (Å²) < 4.78 is 33.4. The summed E-state index contributed by atoms with van der Waals surface area (Å²) in [7, 11) is -4.19. The number of phosphoric acid groups is 1. The molecule has 1 aliphatic rings. The maximum atomic E-state index is 12.9. The number of nitrogens with two attached hydrogens (primary N) is 1. The number of carbonyl (C=O) groups excluding carboxylic acids is 5. The molecule has 1 saturated heterocycles. The second kappa shape index (κ2) is 17.5. The van der Waals surface area contributed by atoms with E-state index in [-0.39, 0.29) is 53.7 Å². The number of carbonyl (C=O) groups is 5. The first-order valence-electron chi connectivity index (χ1n) is 12.7. The zero-order chi connectivity index (χ0) is 29.6. The van der Waals surface area contributed by atoms with Gasteiger partial charge in [0.1, 0.15) is 11.9 Å².